The van der Waals surface area contributed by atoms with Gasteiger partial charge in [0.05, 0.1) is 0 Å². The van der Waals surface area contributed by atoms with Crippen LogP contribution in [0.1, 0.15) is 37.4 Å². The lowest BCUT2D eigenvalue weighted by Crippen LogP contribution is -2.35. The summed E-state index contributed by atoms with van der Waals surface area (Å²) in [6, 6.07) is 9.82. The lowest BCUT2D eigenvalue weighted by molar-refractivity contribution is 0.453. The molecule has 88 valence electrons. The maximum absolute atomic E-state index is 3.76. The molecule has 2 rings (SSSR count). The zero-order valence-corrected chi connectivity index (χ0v) is 11.2. The number of hydrogen-bond acceptors (Lipinski definition) is 2. The van der Waals surface area contributed by atoms with Gasteiger partial charge in [0.25, 0.3) is 0 Å². The molecule has 0 spiro atoms. The van der Waals surface area contributed by atoms with Crippen LogP contribution < -0.4 is 5.32 Å². The molecule has 0 aromatic heterocycles. The maximum atomic E-state index is 3.76. The fourth-order valence-corrected chi connectivity index (χ4v) is 3.64. The number of nitrogens with one attached hydrogen (secondary N) is 1. The minimum absolute atomic E-state index is 0.465. The van der Waals surface area contributed by atoms with E-state index in [0.717, 1.165) is 5.25 Å². The van der Waals surface area contributed by atoms with Crippen molar-refractivity contribution in [2.45, 2.75) is 44.5 Å². The molecule has 2 heteroatoms. The van der Waals surface area contributed by atoms with Gasteiger partial charge in [0, 0.05) is 17.3 Å². The zero-order chi connectivity index (χ0) is 11.5. The molecule has 1 N–H and O–H groups in total. The molecular formula is C14H21NS. The standard InChI is InChI=1S/C14H21NS/c1-10-6-4-5-7-13(10)11(2)15-14-8-9-16-12(14)3/h4-7,11-12,14-15H,8-9H2,1-3H3/t11-,12?,14?/m1/s1. The second kappa shape index (κ2) is 5.24. The van der Waals surface area contributed by atoms with Gasteiger partial charge in [-0.25, -0.2) is 0 Å². The molecule has 1 fully saturated rings. The molecule has 0 radical (unpaired) electrons. The largest absolute Gasteiger partial charge is 0.306 e. The first-order chi connectivity index (χ1) is 7.68. The molecule has 1 nitrogen and oxygen atoms in total. The zero-order valence-electron chi connectivity index (χ0n) is 10.4. The first-order valence-corrected chi connectivity index (χ1v) is 7.16. The van der Waals surface area contributed by atoms with Gasteiger partial charge in [-0.2, -0.15) is 11.8 Å². The summed E-state index contributed by atoms with van der Waals surface area (Å²) in [6.45, 7) is 6.80. The highest BCUT2D eigenvalue weighted by Gasteiger charge is 2.25. The van der Waals surface area contributed by atoms with Crippen LogP contribution in [0.25, 0.3) is 0 Å². The van der Waals surface area contributed by atoms with Crippen molar-refractivity contribution >= 4 is 11.8 Å². The summed E-state index contributed by atoms with van der Waals surface area (Å²) in [4.78, 5) is 0. The summed E-state index contributed by atoms with van der Waals surface area (Å²) in [5.41, 5.74) is 2.83. The van der Waals surface area contributed by atoms with Crippen LogP contribution in [0.3, 0.4) is 0 Å². The number of thioether (sulfide) groups is 1. The van der Waals surface area contributed by atoms with E-state index in [0.29, 0.717) is 12.1 Å². The Morgan fingerprint density at radius 3 is 2.75 bits per heavy atom. The molecular weight excluding hydrogens is 214 g/mol. The van der Waals surface area contributed by atoms with E-state index in [1.165, 1.54) is 23.3 Å². The number of rotatable bonds is 3. The van der Waals surface area contributed by atoms with Crippen LogP contribution >= 0.6 is 11.8 Å². The Labute approximate surface area is 103 Å². The van der Waals surface area contributed by atoms with Crippen LogP contribution in [0, 0.1) is 6.92 Å². The summed E-state index contributed by atoms with van der Waals surface area (Å²) >= 11 is 2.08. The Balaban J connectivity index is 2.03. The minimum Gasteiger partial charge on any atom is -0.306 e. The van der Waals surface area contributed by atoms with E-state index in [9.17, 15) is 0 Å². The summed E-state index contributed by atoms with van der Waals surface area (Å²) in [7, 11) is 0. The fourth-order valence-electron chi connectivity index (χ4n) is 2.43. The maximum Gasteiger partial charge on any atom is 0.0297 e. The first kappa shape index (κ1) is 12.0. The van der Waals surface area contributed by atoms with Crippen molar-refractivity contribution in [1.29, 1.82) is 0 Å². The van der Waals surface area contributed by atoms with Crippen LogP contribution in [-0.4, -0.2) is 17.0 Å². The van der Waals surface area contributed by atoms with Gasteiger partial charge in [-0.05, 0) is 37.1 Å². The molecule has 1 aliphatic rings. The summed E-state index contributed by atoms with van der Waals surface area (Å²) < 4.78 is 0. The molecule has 1 aromatic rings. The first-order valence-electron chi connectivity index (χ1n) is 6.11. The molecule has 2 unspecified atom stereocenters. The molecule has 0 saturated carbocycles. The molecule has 1 heterocycles. The number of hydrogen-bond donors (Lipinski definition) is 1. The lowest BCUT2D eigenvalue weighted by Gasteiger charge is -2.23. The summed E-state index contributed by atoms with van der Waals surface area (Å²) in [5, 5.41) is 4.52. The van der Waals surface area contributed by atoms with Gasteiger partial charge < -0.3 is 5.32 Å². The quantitative estimate of drug-likeness (QED) is 0.860. The highest BCUT2D eigenvalue weighted by Crippen LogP contribution is 2.28. The van der Waals surface area contributed by atoms with Crippen LogP contribution in [0.2, 0.25) is 0 Å². The van der Waals surface area contributed by atoms with E-state index < -0.39 is 0 Å². The second-order valence-corrected chi connectivity index (χ2v) is 6.20. The minimum atomic E-state index is 0.465. The number of aryl methyl sites for hydroxylation is 1. The predicted molar refractivity (Wildman–Crippen MR) is 73.1 cm³/mol. The average Bonchev–Trinajstić information content (AvgIpc) is 2.65. The highest BCUT2D eigenvalue weighted by molar-refractivity contribution is 8.00. The summed E-state index contributed by atoms with van der Waals surface area (Å²) in [5.74, 6) is 1.30. The highest BCUT2D eigenvalue weighted by atomic mass is 32.2. The normalized spacial score (nSPS) is 26.9. The van der Waals surface area contributed by atoms with Crippen molar-refractivity contribution in [1.82, 2.24) is 5.32 Å². The van der Waals surface area contributed by atoms with Crippen LogP contribution in [-0.2, 0) is 0 Å². The van der Waals surface area contributed by atoms with Gasteiger partial charge in [0.1, 0.15) is 0 Å². The Morgan fingerprint density at radius 1 is 1.38 bits per heavy atom. The Morgan fingerprint density at radius 2 is 2.12 bits per heavy atom. The second-order valence-electron chi connectivity index (χ2n) is 4.72. The van der Waals surface area contributed by atoms with Crippen molar-refractivity contribution in [3.05, 3.63) is 35.4 Å². The van der Waals surface area contributed by atoms with Crippen molar-refractivity contribution in [3.63, 3.8) is 0 Å². The molecule has 1 aromatic carbocycles. The Hall–Kier alpha value is -0.470. The van der Waals surface area contributed by atoms with E-state index in [4.69, 9.17) is 0 Å². The monoisotopic (exact) mass is 235 g/mol. The summed E-state index contributed by atoms with van der Waals surface area (Å²) in [6.07, 6.45) is 1.31. The molecule has 1 aliphatic heterocycles. The fraction of sp³-hybridized carbons (Fsp3) is 0.571. The molecule has 0 aliphatic carbocycles. The van der Waals surface area contributed by atoms with E-state index in [1.54, 1.807) is 0 Å². The Kier molecular flexibility index (Phi) is 3.93. The van der Waals surface area contributed by atoms with Crippen molar-refractivity contribution in [3.8, 4) is 0 Å². The van der Waals surface area contributed by atoms with Crippen molar-refractivity contribution in [2.75, 3.05) is 5.75 Å². The van der Waals surface area contributed by atoms with Gasteiger partial charge >= 0.3 is 0 Å². The van der Waals surface area contributed by atoms with Gasteiger partial charge in [0.15, 0.2) is 0 Å². The third kappa shape index (κ3) is 2.61. The smallest absolute Gasteiger partial charge is 0.0297 e. The molecule has 16 heavy (non-hydrogen) atoms. The third-order valence-corrected chi connectivity index (χ3v) is 4.82. The van der Waals surface area contributed by atoms with E-state index in [2.05, 4.69) is 62.1 Å². The van der Waals surface area contributed by atoms with Crippen LogP contribution in [0.5, 0.6) is 0 Å². The van der Waals surface area contributed by atoms with E-state index in [-0.39, 0.29) is 0 Å². The lowest BCUT2D eigenvalue weighted by atomic mass is 10.0. The SMILES string of the molecule is Cc1ccccc1[C@@H](C)NC1CCSC1C. The van der Waals surface area contributed by atoms with Gasteiger partial charge in [-0.3, -0.25) is 0 Å². The molecule has 0 amide bonds. The van der Waals surface area contributed by atoms with Gasteiger partial charge in [-0.15, -0.1) is 0 Å². The predicted octanol–water partition coefficient (Wildman–Crippen LogP) is 3.54. The van der Waals surface area contributed by atoms with E-state index >= 15 is 0 Å². The average molecular weight is 235 g/mol. The van der Waals surface area contributed by atoms with Crippen molar-refractivity contribution < 1.29 is 0 Å². The van der Waals surface area contributed by atoms with Crippen LogP contribution in [0.4, 0.5) is 0 Å². The third-order valence-electron chi connectivity index (χ3n) is 3.50. The van der Waals surface area contributed by atoms with E-state index in [1.807, 2.05) is 0 Å². The molecule has 3 atom stereocenters. The van der Waals surface area contributed by atoms with Crippen molar-refractivity contribution in [2.24, 2.45) is 0 Å². The Bertz CT molecular complexity index is 350. The number of benzene rings is 1. The van der Waals surface area contributed by atoms with Crippen LogP contribution in [0.15, 0.2) is 24.3 Å². The topological polar surface area (TPSA) is 12.0 Å². The molecule has 0 bridgehead atoms. The molecule has 1 saturated heterocycles. The van der Waals surface area contributed by atoms with Gasteiger partial charge in [-0.1, -0.05) is 31.2 Å². The van der Waals surface area contributed by atoms with Gasteiger partial charge in [0.2, 0.25) is 0 Å².